The highest BCUT2D eigenvalue weighted by Gasteiger charge is 2.43. The third-order valence-corrected chi connectivity index (χ3v) is 4.91. The number of aliphatic carboxylic acids is 2. The predicted molar refractivity (Wildman–Crippen MR) is 104 cm³/mol. The Morgan fingerprint density at radius 3 is 2.14 bits per heavy atom. The van der Waals surface area contributed by atoms with Crippen LogP contribution >= 0.6 is 0 Å². The topological polar surface area (TPSA) is 107 Å². The van der Waals surface area contributed by atoms with Crippen LogP contribution in [0.2, 0.25) is 0 Å². The van der Waals surface area contributed by atoms with Crippen molar-refractivity contribution < 1.29 is 19.8 Å². The molecule has 2 fully saturated rings. The minimum Gasteiger partial charge on any atom is -0.478 e. The van der Waals surface area contributed by atoms with Gasteiger partial charge in [-0.15, -0.1) is 10.2 Å². The molecule has 2 aromatic rings. The van der Waals surface area contributed by atoms with Gasteiger partial charge in [-0.2, -0.15) is 0 Å². The average molecular weight is 382 g/mol. The van der Waals surface area contributed by atoms with Crippen LogP contribution in [-0.2, 0) is 9.59 Å². The van der Waals surface area contributed by atoms with Crippen LogP contribution < -0.4 is 4.90 Å². The first-order valence-corrected chi connectivity index (χ1v) is 8.92. The number of anilines is 1. The van der Waals surface area contributed by atoms with E-state index in [1.807, 2.05) is 18.2 Å². The Morgan fingerprint density at radius 1 is 0.964 bits per heavy atom. The molecule has 0 spiro atoms. The van der Waals surface area contributed by atoms with Gasteiger partial charge in [0.05, 0.1) is 5.69 Å². The molecule has 2 aliphatic heterocycles. The minimum absolute atomic E-state index is 0.558. The smallest absolute Gasteiger partial charge is 0.328 e. The van der Waals surface area contributed by atoms with Crippen molar-refractivity contribution in [2.75, 3.05) is 31.6 Å². The lowest BCUT2D eigenvalue weighted by atomic mass is 9.93. The molecule has 0 amide bonds. The van der Waals surface area contributed by atoms with E-state index in [-0.39, 0.29) is 0 Å². The zero-order valence-electron chi connectivity index (χ0n) is 15.5. The summed E-state index contributed by atoms with van der Waals surface area (Å²) in [6, 6.07) is 15.1. The molecule has 2 unspecified atom stereocenters. The Balaban J connectivity index is 0.000000242. The molecule has 2 saturated heterocycles. The molecule has 0 aliphatic carbocycles. The van der Waals surface area contributed by atoms with Crippen molar-refractivity contribution in [3.8, 4) is 11.3 Å². The standard InChI is InChI=1S/C16H18N4.C4H4O4/c1-19-9-13-10-20(11-15(13)19)16-8-7-14(17-18-16)12-5-3-2-4-6-12;5-3(6)1-2-4(7)8/h2-8,13,15H,9-11H2,1H3;1-2H,(H,5,6)(H,7,8)/b;2-1+. The van der Waals surface area contributed by atoms with Crippen molar-refractivity contribution in [3.05, 3.63) is 54.6 Å². The Kier molecular flexibility index (Phi) is 6.00. The normalized spacial score (nSPS) is 20.8. The molecule has 28 heavy (non-hydrogen) atoms. The zero-order valence-corrected chi connectivity index (χ0v) is 15.5. The summed E-state index contributed by atoms with van der Waals surface area (Å²) in [7, 11) is 2.20. The van der Waals surface area contributed by atoms with Crippen molar-refractivity contribution >= 4 is 17.8 Å². The molecular weight excluding hydrogens is 360 g/mol. The molecule has 0 radical (unpaired) electrons. The van der Waals surface area contributed by atoms with Crippen LogP contribution in [0.3, 0.4) is 0 Å². The fourth-order valence-electron chi connectivity index (χ4n) is 3.49. The van der Waals surface area contributed by atoms with Gasteiger partial charge in [0.25, 0.3) is 0 Å². The summed E-state index contributed by atoms with van der Waals surface area (Å²) in [5.41, 5.74) is 2.06. The molecule has 4 rings (SSSR count). The van der Waals surface area contributed by atoms with Crippen molar-refractivity contribution in [2.24, 2.45) is 5.92 Å². The van der Waals surface area contributed by atoms with Crippen LogP contribution in [0.25, 0.3) is 11.3 Å². The number of carbonyl (C=O) groups is 2. The van der Waals surface area contributed by atoms with E-state index in [4.69, 9.17) is 10.2 Å². The van der Waals surface area contributed by atoms with Crippen molar-refractivity contribution in [3.63, 3.8) is 0 Å². The number of carboxylic acids is 2. The maximum Gasteiger partial charge on any atom is 0.328 e. The number of hydrogen-bond acceptors (Lipinski definition) is 6. The van der Waals surface area contributed by atoms with Gasteiger partial charge in [-0.05, 0) is 19.2 Å². The summed E-state index contributed by atoms with van der Waals surface area (Å²) < 4.78 is 0. The van der Waals surface area contributed by atoms with Crippen molar-refractivity contribution in [1.29, 1.82) is 0 Å². The lowest BCUT2D eigenvalue weighted by Gasteiger charge is -2.40. The second kappa shape index (κ2) is 8.62. The summed E-state index contributed by atoms with van der Waals surface area (Å²) in [4.78, 5) is 23.9. The summed E-state index contributed by atoms with van der Waals surface area (Å²) in [5, 5.41) is 24.4. The van der Waals surface area contributed by atoms with E-state index in [1.54, 1.807) is 0 Å². The van der Waals surface area contributed by atoms with Crippen molar-refractivity contribution in [1.82, 2.24) is 15.1 Å². The number of nitrogens with zero attached hydrogens (tertiary/aromatic N) is 4. The Bertz CT molecular complexity index is 838. The third-order valence-electron chi connectivity index (χ3n) is 4.91. The van der Waals surface area contributed by atoms with Crippen molar-refractivity contribution in [2.45, 2.75) is 6.04 Å². The van der Waals surface area contributed by atoms with E-state index < -0.39 is 11.9 Å². The summed E-state index contributed by atoms with van der Waals surface area (Å²) in [5.74, 6) is -0.692. The average Bonchev–Trinajstić information content (AvgIpc) is 3.05. The first kappa shape index (κ1) is 19.5. The van der Waals surface area contributed by atoms with Gasteiger partial charge >= 0.3 is 11.9 Å². The SMILES string of the molecule is CN1CC2CN(c3ccc(-c4ccccc4)nn3)CC21.O=C(O)/C=C/C(=O)O. The Hall–Kier alpha value is -3.26. The quantitative estimate of drug-likeness (QED) is 0.768. The predicted octanol–water partition coefficient (Wildman–Crippen LogP) is 1.61. The minimum atomic E-state index is -1.26. The number of hydrogen-bond donors (Lipinski definition) is 2. The van der Waals surface area contributed by atoms with E-state index >= 15 is 0 Å². The van der Waals surface area contributed by atoms with Crippen LogP contribution in [0, 0.1) is 5.92 Å². The zero-order chi connectivity index (χ0) is 20.1. The molecule has 2 aliphatic rings. The number of fused-ring (bicyclic) bond motifs is 1. The van der Waals surface area contributed by atoms with Gasteiger partial charge in [-0.3, -0.25) is 0 Å². The highest BCUT2D eigenvalue weighted by molar-refractivity contribution is 5.89. The first-order valence-electron chi connectivity index (χ1n) is 8.92. The fourth-order valence-corrected chi connectivity index (χ4v) is 3.49. The number of aromatic nitrogens is 2. The Labute approximate surface area is 162 Å². The molecular formula is C20H22N4O4. The monoisotopic (exact) mass is 382 g/mol. The second-order valence-electron chi connectivity index (χ2n) is 6.82. The molecule has 2 N–H and O–H groups in total. The number of benzene rings is 1. The van der Waals surface area contributed by atoms with Gasteiger partial charge in [-0.1, -0.05) is 30.3 Å². The molecule has 1 aromatic carbocycles. The number of likely N-dealkylation sites (N-methyl/N-ethyl adjacent to an activating group) is 1. The van der Waals surface area contributed by atoms with Gasteiger partial charge in [0.15, 0.2) is 5.82 Å². The number of likely N-dealkylation sites (tertiary alicyclic amines) is 1. The molecule has 2 atom stereocenters. The number of rotatable bonds is 4. The Morgan fingerprint density at radius 2 is 1.64 bits per heavy atom. The largest absolute Gasteiger partial charge is 0.478 e. The molecule has 8 heteroatoms. The second-order valence-corrected chi connectivity index (χ2v) is 6.82. The van der Waals surface area contributed by atoms with Crippen LogP contribution in [0.5, 0.6) is 0 Å². The van der Waals surface area contributed by atoms with Gasteiger partial charge in [0.2, 0.25) is 0 Å². The van der Waals surface area contributed by atoms with E-state index in [0.29, 0.717) is 18.2 Å². The van der Waals surface area contributed by atoms with E-state index in [2.05, 4.69) is 51.3 Å². The van der Waals surface area contributed by atoms with Gasteiger partial charge in [0.1, 0.15) is 0 Å². The maximum absolute atomic E-state index is 9.55. The van der Waals surface area contributed by atoms with Gasteiger partial charge in [-0.25, -0.2) is 9.59 Å². The van der Waals surface area contributed by atoms with Crippen LogP contribution in [-0.4, -0.2) is 70.0 Å². The van der Waals surface area contributed by atoms with E-state index in [0.717, 1.165) is 36.1 Å². The number of carboxylic acid groups (broad SMARTS) is 2. The highest BCUT2D eigenvalue weighted by atomic mass is 16.4. The van der Waals surface area contributed by atoms with Crippen LogP contribution in [0.15, 0.2) is 54.6 Å². The summed E-state index contributed by atoms with van der Waals surface area (Å²) >= 11 is 0. The highest BCUT2D eigenvalue weighted by Crippen LogP contribution is 2.32. The first-order chi connectivity index (χ1) is 13.4. The molecule has 0 bridgehead atoms. The summed E-state index contributed by atoms with van der Waals surface area (Å²) in [6.07, 6.45) is 1.12. The van der Waals surface area contributed by atoms with Gasteiger partial charge < -0.3 is 20.0 Å². The third kappa shape index (κ3) is 4.72. The summed E-state index contributed by atoms with van der Waals surface area (Å²) in [6.45, 7) is 3.42. The van der Waals surface area contributed by atoms with E-state index in [9.17, 15) is 9.59 Å². The molecule has 146 valence electrons. The molecule has 8 nitrogen and oxygen atoms in total. The lowest BCUT2D eigenvalue weighted by molar-refractivity contribution is -0.134. The maximum atomic E-state index is 9.55. The van der Waals surface area contributed by atoms with E-state index in [1.165, 1.54) is 6.54 Å². The van der Waals surface area contributed by atoms with Crippen LogP contribution in [0.1, 0.15) is 0 Å². The van der Waals surface area contributed by atoms with Crippen LogP contribution in [0.4, 0.5) is 5.82 Å². The molecule has 3 heterocycles. The molecule has 1 aromatic heterocycles. The lowest BCUT2D eigenvalue weighted by Crippen LogP contribution is -2.52. The molecule has 0 saturated carbocycles. The fraction of sp³-hybridized carbons (Fsp3) is 0.300. The van der Waals surface area contributed by atoms with Gasteiger partial charge in [0, 0.05) is 49.3 Å².